The summed E-state index contributed by atoms with van der Waals surface area (Å²) in [5.74, 6) is 0. The van der Waals surface area contributed by atoms with Crippen molar-refractivity contribution in [2.75, 3.05) is 6.54 Å². The van der Waals surface area contributed by atoms with Gasteiger partial charge in [-0.25, -0.2) is 0 Å². The highest BCUT2D eigenvalue weighted by Crippen LogP contribution is 2.26. The maximum Gasteiger partial charge on any atom is 0.296 e. The van der Waals surface area contributed by atoms with Crippen molar-refractivity contribution in [3.05, 3.63) is 34.4 Å². The van der Waals surface area contributed by atoms with Gasteiger partial charge < -0.3 is 5.11 Å². The summed E-state index contributed by atoms with van der Waals surface area (Å²) in [6.07, 6.45) is -0.786. The molecule has 0 fully saturated rings. The number of nitrogens with zero attached hydrogens (tertiary/aromatic N) is 4. The number of rotatable bonds is 5. The Labute approximate surface area is 98.5 Å². The van der Waals surface area contributed by atoms with Crippen molar-refractivity contribution in [2.24, 2.45) is 10.3 Å². The monoisotopic (exact) mass is 238 g/mol. The van der Waals surface area contributed by atoms with E-state index in [4.69, 9.17) is 0 Å². The molecule has 0 bridgehead atoms. The Morgan fingerprint density at radius 3 is 2.71 bits per heavy atom. The van der Waals surface area contributed by atoms with Gasteiger partial charge in [-0.1, -0.05) is 17.4 Å². The Hall–Kier alpha value is -2.02. The van der Waals surface area contributed by atoms with Crippen LogP contribution in [0.1, 0.15) is 13.8 Å². The van der Waals surface area contributed by atoms with Crippen molar-refractivity contribution in [1.82, 2.24) is 5.01 Å². The smallest absolute Gasteiger partial charge is 0.296 e. The third-order valence-electron chi connectivity index (χ3n) is 2.10. The van der Waals surface area contributed by atoms with E-state index in [0.717, 1.165) is 0 Å². The van der Waals surface area contributed by atoms with Gasteiger partial charge in [-0.05, 0) is 19.9 Å². The second kappa shape index (κ2) is 5.90. The number of benzene rings is 1. The van der Waals surface area contributed by atoms with Gasteiger partial charge in [-0.15, -0.1) is 5.11 Å². The van der Waals surface area contributed by atoms with Gasteiger partial charge in [0.05, 0.1) is 4.92 Å². The number of para-hydroxylation sites is 1. The quantitative estimate of drug-likeness (QED) is 0.368. The molecule has 0 spiro atoms. The van der Waals surface area contributed by atoms with Crippen LogP contribution in [0.5, 0.6) is 0 Å². The van der Waals surface area contributed by atoms with Gasteiger partial charge in [-0.2, -0.15) is 0 Å². The molecule has 0 saturated heterocycles. The van der Waals surface area contributed by atoms with E-state index in [0.29, 0.717) is 6.54 Å². The first-order valence-electron chi connectivity index (χ1n) is 5.16. The zero-order valence-electron chi connectivity index (χ0n) is 9.65. The summed E-state index contributed by atoms with van der Waals surface area (Å²) >= 11 is 0. The number of hydrogen-bond donors (Lipinski definition) is 1. The van der Waals surface area contributed by atoms with Crippen LogP contribution in [0, 0.1) is 10.1 Å². The molecule has 1 unspecified atom stereocenters. The lowest BCUT2D eigenvalue weighted by atomic mass is 10.3. The molecular formula is C10H14N4O3. The molecule has 7 heteroatoms. The van der Waals surface area contributed by atoms with Gasteiger partial charge in [0.15, 0.2) is 5.69 Å². The molecule has 0 saturated carbocycles. The fraction of sp³-hybridized carbons (Fsp3) is 0.400. The molecule has 17 heavy (non-hydrogen) atoms. The lowest BCUT2D eigenvalue weighted by Gasteiger charge is -2.17. The molecule has 0 aliphatic heterocycles. The topological polar surface area (TPSA) is 91.3 Å². The van der Waals surface area contributed by atoms with E-state index in [1.165, 1.54) is 17.1 Å². The molecule has 1 rings (SSSR count). The Balaban J connectivity index is 2.94. The summed E-state index contributed by atoms with van der Waals surface area (Å²) in [5, 5.41) is 28.9. The van der Waals surface area contributed by atoms with Crippen molar-refractivity contribution >= 4 is 11.4 Å². The highest BCUT2D eigenvalue weighted by Gasteiger charge is 2.12. The second-order valence-corrected chi connectivity index (χ2v) is 3.32. The largest absolute Gasteiger partial charge is 0.372 e. The van der Waals surface area contributed by atoms with Crippen LogP contribution >= 0.6 is 0 Å². The molecular weight excluding hydrogens is 224 g/mol. The molecule has 0 aliphatic rings. The lowest BCUT2D eigenvalue weighted by molar-refractivity contribution is -0.384. The van der Waals surface area contributed by atoms with E-state index in [2.05, 4.69) is 10.3 Å². The summed E-state index contributed by atoms with van der Waals surface area (Å²) in [5.41, 5.74) is 0.0505. The third-order valence-corrected chi connectivity index (χ3v) is 2.10. The van der Waals surface area contributed by atoms with Crippen molar-refractivity contribution in [3.8, 4) is 0 Å². The van der Waals surface area contributed by atoms with Gasteiger partial charge in [0, 0.05) is 12.6 Å². The van der Waals surface area contributed by atoms with Crippen LogP contribution in [0.15, 0.2) is 34.6 Å². The minimum absolute atomic E-state index is 0.113. The maximum absolute atomic E-state index is 10.7. The van der Waals surface area contributed by atoms with E-state index < -0.39 is 11.2 Å². The maximum atomic E-state index is 10.7. The molecule has 92 valence electrons. The third kappa shape index (κ3) is 3.49. The Morgan fingerprint density at radius 1 is 1.53 bits per heavy atom. The fourth-order valence-electron chi connectivity index (χ4n) is 1.21. The average Bonchev–Trinajstić information content (AvgIpc) is 2.29. The normalized spacial score (nSPS) is 12.6. The van der Waals surface area contributed by atoms with E-state index in [1.807, 2.05) is 0 Å². The highest BCUT2D eigenvalue weighted by molar-refractivity contribution is 5.56. The van der Waals surface area contributed by atoms with Crippen LogP contribution < -0.4 is 0 Å². The zero-order chi connectivity index (χ0) is 12.8. The molecule has 0 amide bonds. The number of nitro groups is 1. The zero-order valence-corrected chi connectivity index (χ0v) is 9.65. The summed E-state index contributed by atoms with van der Waals surface area (Å²) in [4.78, 5) is 10.2. The Kier molecular flexibility index (Phi) is 4.53. The van der Waals surface area contributed by atoms with Crippen LogP contribution in [-0.2, 0) is 0 Å². The highest BCUT2D eigenvalue weighted by atomic mass is 16.6. The van der Waals surface area contributed by atoms with Gasteiger partial charge >= 0.3 is 0 Å². The summed E-state index contributed by atoms with van der Waals surface area (Å²) in [6.45, 7) is 3.80. The first kappa shape index (κ1) is 13.0. The standard InChI is InChI=1S/C10H14N4O3/c1-3-13(8(2)15)12-11-9-6-4-5-7-10(9)14(16)17/h4-8,15H,3H2,1-2H3. The Morgan fingerprint density at radius 2 is 2.18 bits per heavy atom. The molecule has 1 atom stereocenters. The molecule has 1 aromatic rings. The van der Waals surface area contributed by atoms with Crippen LogP contribution in [0.3, 0.4) is 0 Å². The molecule has 1 aromatic carbocycles. The summed E-state index contributed by atoms with van der Waals surface area (Å²) in [7, 11) is 0. The van der Waals surface area contributed by atoms with E-state index in [9.17, 15) is 15.2 Å². The van der Waals surface area contributed by atoms with Crippen LogP contribution in [0.4, 0.5) is 11.4 Å². The molecule has 1 N–H and O–H groups in total. The number of nitro benzene ring substituents is 1. The Bertz CT molecular complexity index is 420. The predicted molar refractivity (Wildman–Crippen MR) is 61.7 cm³/mol. The van der Waals surface area contributed by atoms with Crippen molar-refractivity contribution in [2.45, 2.75) is 20.1 Å². The molecule has 7 nitrogen and oxygen atoms in total. The van der Waals surface area contributed by atoms with Crippen molar-refractivity contribution in [1.29, 1.82) is 0 Å². The first-order chi connectivity index (χ1) is 8.06. The van der Waals surface area contributed by atoms with Gasteiger partial charge in [-0.3, -0.25) is 15.1 Å². The van der Waals surface area contributed by atoms with E-state index in [1.54, 1.807) is 26.0 Å². The average molecular weight is 238 g/mol. The van der Waals surface area contributed by atoms with Crippen LogP contribution in [0.25, 0.3) is 0 Å². The first-order valence-corrected chi connectivity index (χ1v) is 5.16. The van der Waals surface area contributed by atoms with Gasteiger partial charge in [0.25, 0.3) is 5.69 Å². The van der Waals surface area contributed by atoms with E-state index in [-0.39, 0.29) is 11.4 Å². The van der Waals surface area contributed by atoms with E-state index >= 15 is 0 Å². The minimum atomic E-state index is -0.786. The van der Waals surface area contributed by atoms with Crippen molar-refractivity contribution < 1.29 is 10.0 Å². The van der Waals surface area contributed by atoms with Gasteiger partial charge in [0.2, 0.25) is 0 Å². The summed E-state index contributed by atoms with van der Waals surface area (Å²) < 4.78 is 0. The second-order valence-electron chi connectivity index (χ2n) is 3.32. The number of hydrogen-bond acceptors (Lipinski definition) is 5. The molecule has 0 heterocycles. The summed E-state index contributed by atoms with van der Waals surface area (Å²) in [6, 6.07) is 6.05. The number of aliphatic hydroxyl groups is 1. The van der Waals surface area contributed by atoms with Crippen LogP contribution in [0.2, 0.25) is 0 Å². The fourth-order valence-corrected chi connectivity index (χ4v) is 1.21. The molecule has 0 aliphatic carbocycles. The van der Waals surface area contributed by atoms with Crippen molar-refractivity contribution in [3.63, 3.8) is 0 Å². The van der Waals surface area contributed by atoms with Gasteiger partial charge in [0.1, 0.15) is 6.23 Å². The molecule has 0 radical (unpaired) electrons. The predicted octanol–water partition coefficient (Wildman–Crippen LogP) is 2.25. The lowest BCUT2D eigenvalue weighted by Crippen LogP contribution is -2.26. The molecule has 0 aromatic heterocycles. The SMILES string of the molecule is CCN(N=Nc1ccccc1[N+](=O)[O-])C(C)O. The minimum Gasteiger partial charge on any atom is -0.372 e. The number of aliphatic hydroxyl groups excluding tert-OH is 1. The van der Waals surface area contributed by atoms with Crippen LogP contribution in [-0.4, -0.2) is 27.8 Å².